The molecular formula is C15H16Cl2N4O3. The summed E-state index contributed by atoms with van der Waals surface area (Å²) in [6, 6.07) is 2.88. The average Bonchev–Trinajstić information content (AvgIpc) is 2.75. The van der Waals surface area contributed by atoms with Gasteiger partial charge >= 0.3 is 5.97 Å². The highest BCUT2D eigenvalue weighted by Gasteiger charge is 2.23. The van der Waals surface area contributed by atoms with Gasteiger partial charge in [-0.05, 0) is 32.9 Å². The molecule has 2 heterocycles. The minimum absolute atomic E-state index is 0.0935. The van der Waals surface area contributed by atoms with E-state index in [4.69, 9.17) is 27.9 Å². The number of ether oxygens (including phenoxy) is 1. The van der Waals surface area contributed by atoms with E-state index in [9.17, 15) is 9.59 Å². The largest absolute Gasteiger partial charge is 0.448 e. The number of aromatic nitrogens is 3. The minimum Gasteiger partial charge on any atom is -0.448 e. The number of pyridine rings is 1. The summed E-state index contributed by atoms with van der Waals surface area (Å²) in [5.41, 5.74) is 1.90. The average molecular weight is 371 g/mol. The summed E-state index contributed by atoms with van der Waals surface area (Å²) < 4.78 is 6.76. The molecule has 24 heavy (non-hydrogen) atoms. The number of nitrogens with one attached hydrogen (secondary N) is 1. The maximum Gasteiger partial charge on any atom is 0.359 e. The molecule has 128 valence electrons. The third kappa shape index (κ3) is 3.85. The van der Waals surface area contributed by atoms with Gasteiger partial charge in [-0.3, -0.25) is 9.48 Å². The summed E-state index contributed by atoms with van der Waals surface area (Å²) >= 11 is 11.6. The molecule has 0 bridgehead atoms. The Kier molecular flexibility index (Phi) is 5.46. The van der Waals surface area contributed by atoms with Crippen LogP contribution in [0.15, 0.2) is 12.1 Å². The van der Waals surface area contributed by atoms with Gasteiger partial charge in [0.2, 0.25) is 0 Å². The Balaban J connectivity index is 2.08. The molecule has 0 saturated heterocycles. The lowest BCUT2D eigenvalue weighted by atomic mass is 10.3. The van der Waals surface area contributed by atoms with Gasteiger partial charge in [-0.25, -0.2) is 9.78 Å². The van der Waals surface area contributed by atoms with E-state index in [2.05, 4.69) is 15.4 Å². The van der Waals surface area contributed by atoms with E-state index in [0.717, 1.165) is 5.69 Å². The van der Waals surface area contributed by atoms with Crippen molar-refractivity contribution in [2.75, 3.05) is 5.32 Å². The molecule has 1 amide bonds. The fourth-order valence-corrected chi connectivity index (χ4v) is 2.34. The zero-order chi connectivity index (χ0) is 18.0. The molecule has 0 fully saturated rings. The Morgan fingerprint density at radius 3 is 2.54 bits per heavy atom. The number of carbonyl (C=O) groups is 2. The van der Waals surface area contributed by atoms with E-state index in [0.29, 0.717) is 11.4 Å². The summed E-state index contributed by atoms with van der Waals surface area (Å²) in [6.07, 6.45) is -1.05. The number of aryl methyl sites for hydroxylation is 2. The Morgan fingerprint density at radius 2 is 1.96 bits per heavy atom. The van der Waals surface area contributed by atoms with Crippen LogP contribution >= 0.6 is 23.2 Å². The Labute approximate surface area is 148 Å². The van der Waals surface area contributed by atoms with Crippen LogP contribution in [0, 0.1) is 13.8 Å². The Bertz CT molecular complexity index is 804. The van der Waals surface area contributed by atoms with Crippen molar-refractivity contribution < 1.29 is 14.3 Å². The molecule has 2 aromatic heterocycles. The first kappa shape index (κ1) is 18.2. The van der Waals surface area contributed by atoms with Crippen LogP contribution in [0.25, 0.3) is 0 Å². The first-order valence-corrected chi connectivity index (χ1v) is 7.80. The molecule has 0 aliphatic heterocycles. The molecule has 9 heteroatoms. The van der Waals surface area contributed by atoms with Crippen LogP contribution in [0.5, 0.6) is 0 Å². The van der Waals surface area contributed by atoms with Crippen molar-refractivity contribution in [3.8, 4) is 0 Å². The number of hydrogen-bond donors (Lipinski definition) is 1. The summed E-state index contributed by atoms with van der Waals surface area (Å²) in [5, 5.41) is 7.10. The van der Waals surface area contributed by atoms with Crippen molar-refractivity contribution in [1.29, 1.82) is 0 Å². The SMILES string of the molecule is Cc1nn(C)c(C)c1NC(=O)C(C)OC(=O)c1nc(Cl)ccc1Cl. The maximum atomic E-state index is 12.2. The van der Waals surface area contributed by atoms with Crippen molar-refractivity contribution in [2.45, 2.75) is 26.9 Å². The van der Waals surface area contributed by atoms with Crippen LogP contribution in [-0.4, -0.2) is 32.7 Å². The predicted octanol–water partition coefficient (Wildman–Crippen LogP) is 2.92. The van der Waals surface area contributed by atoms with Gasteiger partial charge in [-0.1, -0.05) is 23.2 Å². The van der Waals surface area contributed by atoms with Gasteiger partial charge in [-0.2, -0.15) is 5.10 Å². The van der Waals surface area contributed by atoms with Crippen molar-refractivity contribution in [1.82, 2.24) is 14.8 Å². The van der Waals surface area contributed by atoms with Gasteiger partial charge < -0.3 is 10.1 Å². The van der Waals surface area contributed by atoms with Crippen molar-refractivity contribution in [3.63, 3.8) is 0 Å². The van der Waals surface area contributed by atoms with E-state index >= 15 is 0 Å². The quantitative estimate of drug-likeness (QED) is 0.660. The Morgan fingerprint density at radius 1 is 1.29 bits per heavy atom. The van der Waals surface area contributed by atoms with Gasteiger partial charge in [0, 0.05) is 7.05 Å². The van der Waals surface area contributed by atoms with E-state index in [1.54, 1.807) is 18.7 Å². The van der Waals surface area contributed by atoms with Gasteiger partial charge in [0.15, 0.2) is 11.8 Å². The molecule has 0 saturated carbocycles. The first-order chi connectivity index (χ1) is 11.2. The highest BCUT2D eigenvalue weighted by molar-refractivity contribution is 6.34. The lowest BCUT2D eigenvalue weighted by Gasteiger charge is -2.14. The zero-order valence-corrected chi connectivity index (χ0v) is 15.1. The minimum atomic E-state index is -1.05. The second kappa shape index (κ2) is 7.19. The van der Waals surface area contributed by atoms with E-state index in [1.807, 2.05) is 6.92 Å². The molecule has 1 unspecified atom stereocenters. The van der Waals surface area contributed by atoms with E-state index in [-0.39, 0.29) is 15.9 Å². The van der Waals surface area contributed by atoms with Crippen LogP contribution in [-0.2, 0) is 16.6 Å². The van der Waals surface area contributed by atoms with Gasteiger partial charge in [0.1, 0.15) is 5.15 Å². The summed E-state index contributed by atoms with van der Waals surface area (Å²) in [6.45, 7) is 5.05. The molecular weight excluding hydrogens is 355 g/mol. The third-order valence-corrected chi connectivity index (χ3v) is 3.93. The van der Waals surface area contributed by atoms with Crippen LogP contribution < -0.4 is 5.32 Å². The molecule has 0 spiro atoms. The third-order valence-electron chi connectivity index (χ3n) is 3.42. The van der Waals surface area contributed by atoms with E-state index < -0.39 is 18.0 Å². The number of carbonyl (C=O) groups excluding carboxylic acids is 2. The monoisotopic (exact) mass is 370 g/mol. The van der Waals surface area contributed by atoms with Crippen molar-refractivity contribution in [3.05, 3.63) is 39.4 Å². The Hall–Kier alpha value is -2.12. The highest BCUT2D eigenvalue weighted by Crippen LogP contribution is 2.20. The molecule has 2 aromatic rings. The van der Waals surface area contributed by atoms with Crippen molar-refractivity contribution in [2.24, 2.45) is 7.05 Å². The maximum absolute atomic E-state index is 12.2. The molecule has 7 nitrogen and oxygen atoms in total. The summed E-state index contributed by atoms with van der Waals surface area (Å²) in [4.78, 5) is 28.2. The second-order valence-electron chi connectivity index (χ2n) is 5.17. The van der Waals surface area contributed by atoms with Gasteiger partial charge in [-0.15, -0.1) is 0 Å². The van der Waals surface area contributed by atoms with E-state index in [1.165, 1.54) is 19.1 Å². The number of esters is 1. The zero-order valence-electron chi connectivity index (χ0n) is 13.6. The molecule has 1 atom stereocenters. The standard InChI is InChI=1S/C15H16Cl2N4O3/c1-7-12(8(2)21(4)20-7)19-14(22)9(3)24-15(23)13-10(16)5-6-11(17)18-13/h5-6,9H,1-4H3,(H,19,22). The fourth-order valence-electron chi connectivity index (χ4n) is 2.01. The van der Waals surface area contributed by atoms with Crippen LogP contribution in [0.4, 0.5) is 5.69 Å². The van der Waals surface area contributed by atoms with Crippen molar-refractivity contribution >= 4 is 40.8 Å². The molecule has 1 N–H and O–H groups in total. The smallest absolute Gasteiger partial charge is 0.359 e. The summed E-state index contributed by atoms with van der Waals surface area (Å²) in [7, 11) is 1.77. The molecule has 0 aromatic carbocycles. The normalized spacial score (nSPS) is 11.9. The molecule has 0 aliphatic rings. The number of nitrogens with zero attached hydrogens (tertiary/aromatic N) is 3. The number of hydrogen-bond acceptors (Lipinski definition) is 5. The lowest BCUT2D eigenvalue weighted by molar-refractivity contribution is -0.123. The van der Waals surface area contributed by atoms with Gasteiger partial charge in [0.25, 0.3) is 5.91 Å². The fraction of sp³-hybridized carbons (Fsp3) is 0.333. The highest BCUT2D eigenvalue weighted by atomic mass is 35.5. The van der Waals surface area contributed by atoms with Crippen LogP contribution in [0.1, 0.15) is 28.8 Å². The van der Waals surface area contributed by atoms with Crippen LogP contribution in [0.3, 0.4) is 0 Å². The molecule has 0 aliphatic carbocycles. The van der Waals surface area contributed by atoms with Crippen LogP contribution in [0.2, 0.25) is 10.2 Å². The number of amides is 1. The molecule has 2 rings (SSSR count). The predicted molar refractivity (Wildman–Crippen MR) is 90.4 cm³/mol. The second-order valence-corrected chi connectivity index (χ2v) is 5.97. The topological polar surface area (TPSA) is 86.1 Å². The number of halogens is 2. The lowest BCUT2D eigenvalue weighted by Crippen LogP contribution is -2.30. The number of rotatable bonds is 4. The number of anilines is 1. The van der Waals surface area contributed by atoms with Gasteiger partial charge in [0.05, 0.1) is 22.1 Å². The molecule has 0 radical (unpaired) electrons. The summed E-state index contributed by atoms with van der Waals surface area (Å²) in [5.74, 6) is -1.31. The first-order valence-electron chi connectivity index (χ1n) is 7.04.